The molecule has 0 aromatic heterocycles. The van der Waals surface area contributed by atoms with E-state index in [9.17, 15) is 4.79 Å². The van der Waals surface area contributed by atoms with Crippen LogP contribution in [0, 0.1) is 0 Å². The Balaban J connectivity index is 1.96. The first-order chi connectivity index (χ1) is 10.0. The number of nitrogens with zero attached hydrogens (tertiary/aromatic N) is 1. The number of carbonyl (C=O) groups is 1. The van der Waals surface area contributed by atoms with Crippen LogP contribution in [0.5, 0.6) is 5.75 Å². The van der Waals surface area contributed by atoms with Gasteiger partial charge in [0.25, 0.3) is 5.91 Å². The Morgan fingerprint density at radius 3 is 2.76 bits per heavy atom. The van der Waals surface area contributed by atoms with Gasteiger partial charge in [-0.15, -0.1) is 0 Å². The number of amides is 1. The molecule has 2 N–H and O–H groups in total. The number of nitrogen functional groups attached to an aromatic ring is 1. The predicted octanol–water partition coefficient (Wildman–Crippen LogP) is 3.72. The minimum absolute atomic E-state index is 0.0562. The summed E-state index contributed by atoms with van der Waals surface area (Å²) in [6.45, 7) is 0.518. The van der Waals surface area contributed by atoms with Gasteiger partial charge in [-0.2, -0.15) is 0 Å². The molecule has 0 spiro atoms. The molecule has 21 heavy (non-hydrogen) atoms. The topological polar surface area (TPSA) is 55.6 Å². The summed E-state index contributed by atoms with van der Waals surface area (Å²) in [7, 11) is 0. The lowest BCUT2D eigenvalue weighted by molar-refractivity contribution is -0.121. The van der Waals surface area contributed by atoms with E-state index in [0.29, 0.717) is 18.0 Å². The second-order valence-electron chi connectivity index (χ2n) is 4.74. The fourth-order valence-electron chi connectivity index (χ4n) is 2.22. The molecule has 1 amide bonds. The molecule has 6 heteroatoms. The molecule has 0 atom stereocenters. The Bertz CT molecular complexity index is 719. The van der Waals surface area contributed by atoms with E-state index in [0.717, 1.165) is 20.2 Å². The van der Waals surface area contributed by atoms with Crippen LogP contribution in [0.1, 0.15) is 5.56 Å². The molecule has 0 bridgehead atoms. The number of benzene rings is 2. The van der Waals surface area contributed by atoms with Gasteiger partial charge in [0, 0.05) is 14.6 Å². The molecule has 2 aromatic rings. The summed E-state index contributed by atoms with van der Waals surface area (Å²) in [4.78, 5) is 13.9. The fourth-order valence-corrected chi connectivity index (χ4v) is 2.82. The SMILES string of the molecule is Nc1cc(CN2C(=O)COc3ccc(Br)cc32)ccc1Br. The van der Waals surface area contributed by atoms with Gasteiger partial charge in [-0.05, 0) is 51.8 Å². The quantitative estimate of drug-likeness (QED) is 0.766. The third-order valence-corrected chi connectivity index (χ3v) is 4.48. The Hall–Kier alpha value is -1.53. The van der Waals surface area contributed by atoms with Gasteiger partial charge in [0.05, 0.1) is 12.2 Å². The number of fused-ring (bicyclic) bond motifs is 1. The maximum absolute atomic E-state index is 12.2. The van der Waals surface area contributed by atoms with Crippen molar-refractivity contribution in [1.82, 2.24) is 0 Å². The van der Waals surface area contributed by atoms with E-state index in [-0.39, 0.29) is 12.5 Å². The van der Waals surface area contributed by atoms with E-state index in [1.807, 2.05) is 36.4 Å². The number of rotatable bonds is 2. The predicted molar refractivity (Wildman–Crippen MR) is 89.4 cm³/mol. The maximum atomic E-state index is 12.2. The monoisotopic (exact) mass is 410 g/mol. The van der Waals surface area contributed by atoms with E-state index in [1.54, 1.807) is 4.90 Å². The van der Waals surface area contributed by atoms with Gasteiger partial charge >= 0.3 is 0 Å². The number of carbonyl (C=O) groups excluding carboxylic acids is 1. The smallest absolute Gasteiger partial charge is 0.265 e. The Kier molecular flexibility index (Phi) is 3.91. The van der Waals surface area contributed by atoms with Crippen LogP contribution in [0.4, 0.5) is 11.4 Å². The normalized spacial score (nSPS) is 13.8. The highest BCUT2D eigenvalue weighted by Crippen LogP contribution is 2.35. The van der Waals surface area contributed by atoms with Crippen molar-refractivity contribution in [2.24, 2.45) is 0 Å². The summed E-state index contributed by atoms with van der Waals surface area (Å²) < 4.78 is 7.21. The van der Waals surface area contributed by atoms with Crippen molar-refractivity contribution in [3.8, 4) is 5.75 Å². The van der Waals surface area contributed by atoms with Crippen LogP contribution in [0.3, 0.4) is 0 Å². The van der Waals surface area contributed by atoms with Crippen molar-refractivity contribution in [2.45, 2.75) is 6.54 Å². The van der Waals surface area contributed by atoms with Gasteiger partial charge in [-0.1, -0.05) is 22.0 Å². The second kappa shape index (κ2) is 5.69. The number of ether oxygens (including phenoxy) is 1. The molecule has 0 aliphatic carbocycles. The van der Waals surface area contributed by atoms with E-state index in [2.05, 4.69) is 31.9 Å². The highest BCUT2D eigenvalue weighted by atomic mass is 79.9. The molecule has 0 unspecified atom stereocenters. The number of hydrogen-bond donors (Lipinski definition) is 1. The van der Waals surface area contributed by atoms with Gasteiger partial charge in [0.2, 0.25) is 0 Å². The highest BCUT2D eigenvalue weighted by molar-refractivity contribution is 9.10. The van der Waals surface area contributed by atoms with Crippen LogP contribution >= 0.6 is 31.9 Å². The average molecular weight is 412 g/mol. The van der Waals surface area contributed by atoms with E-state index in [1.165, 1.54) is 0 Å². The number of hydrogen-bond acceptors (Lipinski definition) is 3. The third kappa shape index (κ3) is 2.91. The van der Waals surface area contributed by atoms with E-state index >= 15 is 0 Å². The summed E-state index contributed by atoms with van der Waals surface area (Å²) in [5, 5.41) is 0. The summed E-state index contributed by atoms with van der Waals surface area (Å²) in [6.07, 6.45) is 0. The maximum Gasteiger partial charge on any atom is 0.265 e. The zero-order chi connectivity index (χ0) is 15.0. The average Bonchev–Trinajstić information content (AvgIpc) is 2.46. The van der Waals surface area contributed by atoms with Crippen molar-refractivity contribution >= 4 is 49.1 Å². The molecule has 1 heterocycles. The van der Waals surface area contributed by atoms with E-state index < -0.39 is 0 Å². The van der Waals surface area contributed by atoms with Crippen molar-refractivity contribution in [3.05, 3.63) is 50.9 Å². The Morgan fingerprint density at radius 1 is 1.19 bits per heavy atom. The molecule has 0 fully saturated rings. The van der Waals surface area contributed by atoms with Crippen molar-refractivity contribution in [1.29, 1.82) is 0 Å². The molecule has 0 radical (unpaired) electrons. The lowest BCUT2D eigenvalue weighted by atomic mass is 10.1. The lowest BCUT2D eigenvalue weighted by Crippen LogP contribution is -2.38. The van der Waals surface area contributed by atoms with Gasteiger partial charge in [0.15, 0.2) is 6.61 Å². The zero-order valence-corrected chi connectivity index (χ0v) is 14.1. The first-order valence-corrected chi connectivity index (χ1v) is 7.90. The van der Waals surface area contributed by atoms with Gasteiger partial charge < -0.3 is 15.4 Å². The standard InChI is InChI=1S/C15H12Br2N2O2/c16-10-2-4-14-13(6-10)19(15(20)8-21-14)7-9-1-3-11(17)12(18)5-9/h1-6H,7-8,18H2. The molecule has 0 saturated carbocycles. The minimum Gasteiger partial charge on any atom is -0.482 e. The minimum atomic E-state index is -0.0675. The van der Waals surface area contributed by atoms with Crippen LogP contribution in [0.2, 0.25) is 0 Å². The molecule has 2 aromatic carbocycles. The van der Waals surface area contributed by atoms with Crippen LogP contribution in [0.15, 0.2) is 45.3 Å². The summed E-state index contributed by atoms with van der Waals surface area (Å²) in [5.74, 6) is 0.643. The third-order valence-electron chi connectivity index (χ3n) is 3.27. The van der Waals surface area contributed by atoms with Gasteiger partial charge in [0.1, 0.15) is 5.75 Å². The molecule has 1 aliphatic heterocycles. The molecular formula is C15H12Br2N2O2. The highest BCUT2D eigenvalue weighted by Gasteiger charge is 2.25. The second-order valence-corrected chi connectivity index (χ2v) is 6.51. The van der Waals surface area contributed by atoms with Gasteiger partial charge in [-0.25, -0.2) is 0 Å². The number of nitrogens with two attached hydrogens (primary N) is 1. The van der Waals surface area contributed by atoms with E-state index in [4.69, 9.17) is 10.5 Å². The van der Waals surface area contributed by atoms with Crippen molar-refractivity contribution in [2.75, 3.05) is 17.2 Å². The fraction of sp³-hybridized carbons (Fsp3) is 0.133. The molecule has 4 nitrogen and oxygen atoms in total. The molecule has 1 aliphatic rings. The molecule has 3 rings (SSSR count). The largest absolute Gasteiger partial charge is 0.482 e. The van der Waals surface area contributed by atoms with Crippen LogP contribution in [0.25, 0.3) is 0 Å². The van der Waals surface area contributed by atoms with Crippen LogP contribution in [-0.4, -0.2) is 12.5 Å². The number of anilines is 2. The Morgan fingerprint density at radius 2 is 2.00 bits per heavy atom. The Labute approximate surface area is 139 Å². The van der Waals surface area contributed by atoms with Crippen LogP contribution < -0.4 is 15.4 Å². The summed E-state index contributed by atoms with van der Waals surface area (Å²) >= 11 is 6.79. The van der Waals surface area contributed by atoms with Gasteiger partial charge in [-0.3, -0.25) is 4.79 Å². The zero-order valence-electron chi connectivity index (χ0n) is 11.0. The molecular weight excluding hydrogens is 400 g/mol. The number of halogens is 2. The van der Waals surface area contributed by atoms with Crippen molar-refractivity contribution in [3.63, 3.8) is 0 Å². The molecule has 108 valence electrons. The van der Waals surface area contributed by atoms with Crippen molar-refractivity contribution < 1.29 is 9.53 Å². The van der Waals surface area contributed by atoms with Crippen LogP contribution in [-0.2, 0) is 11.3 Å². The summed E-state index contributed by atoms with van der Waals surface area (Å²) in [5.41, 5.74) is 8.29. The first kappa shape index (κ1) is 14.4. The lowest BCUT2D eigenvalue weighted by Gasteiger charge is -2.29. The summed E-state index contributed by atoms with van der Waals surface area (Å²) in [6, 6.07) is 11.3. The molecule has 0 saturated heterocycles. The first-order valence-electron chi connectivity index (χ1n) is 6.31.